The molecule has 0 unspecified atom stereocenters. The summed E-state index contributed by atoms with van der Waals surface area (Å²) in [6, 6.07) is 0. The number of carbonyl (C=O) groups is 1. The second kappa shape index (κ2) is 9.02. The first-order valence-corrected chi connectivity index (χ1v) is 5.26. The van der Waals surface area contributed by atoms with Crippen LogP contribution in [0.3, 0.4) is 0 Å². The maximum atomic E-state index is 10.6. The number of hydrogen-bond donors (Lipinski definition) is 0. The van der Waals surface area contributed by atoms with Crippen LogP contribution in [0, 0.1) is 0 Å². The van der Waals surface area contributed by atoms with E-state index < -0.39 is 21.8 Å². The summed E-state index contributed by atoms with van der Waals surface area (Å²) < 4.78 is 34.8. The van der Waals surface area contributed by atoms with Gasteiger partial charge in [0, 0.05) is 11.8 Å². The fourth-order valence-corrected chi connectivity index (χ4v) is 1.06. The van der Waals surface area contributed by atoms with Crippen molar-refractivity contribution >= 4 is 16.1 Å². The van der Waals surface area contributed by atoms with Gasteiger partial charge >= 0.3 is 57.4 Å². The molecule has 0 bridgehead atoms. The Morgan fingerprint density at radius 3 is 2.50 bits per heavy atom. The minimum atomic E-state index is -4.19. The van der Waals surface area contributed by atoms with E-state index in [1.165, 1.54) is 12.2 Å². The molecule has 0 heterocycles. The predicted octanol–water partition coefficient (Wildman–Crippen LogP) is -2.95. The van der Waals surface area contributed by atoms with Gasteiger partial charge in [-0.15, -0.1) is 0 Å². The first-order chi connectivity index (χ1) is 5.95. The summed E-state index contributed by atoms with van der Waals surface area (Å²) >= 11 is 0. The first kappa shape index (κ1) is 17.2. The van der Waals surface area contributed by atoms with Crippen LogP contribution in [0.4, 0.5) is 0 Å². The molecule has 0 fully saturated rings. The van der Waals surface area contributed by atoms with Crippen LogP contribution >= 0.6 is 0 Å². The van der Waals surface area contributed by atoms with Crippen LogP contribution in [0.1, 0.15) is 13.3 Å². The Labute approximate surface area is 126 Å². The van der Waals surface area contributed by atoms with Crippen LogP contribution in [-0.2, 0) is 19.6 Å². The van der Waals surface area contributed by atoms with Crippen LogP contribution in [-0.4, -0.2) is 31.3 Å². The zero-order chi connectivity index (χ0) is 10.3. The molecule has 0 atom stereocenters. The van der Waals surface area contributed by atoms with Crippen LogP contribution in [0.25, 0.3) is 0 Å². The van der Waals surface area contributed by atoms with Crippen molar-refractivity contribution in [2.45, 2.75) is 13.3 Å². The van der Waals surface area contributed by atoms with E-state index in [4.69, 9.17) is 0 Å². The fourth-order valence-electron chi connectivity index (χ4n) is 0.593. The third-order valence-electron chi connectivity index (χ3n) is 1.09. The van der Waals surface area contributed by atoms with Gasteiger partial charge < -0.3 is 9.29 Å². The van der Waals surface area contributed by atoms with E-state index in [0.29, 0.717) is 0 Å². The molecule has 0 aliphatic carbocycles. The van der Waals surface area contributed by atoms with Gasteiger partial charge in [0.15, 0.2) is 0 Å². The van der Waals surface area contributed by atoms with Gasteiger partial charge in [-0.05, 0) is 13.3 Å². The van der Waals surface area contributed by atoms with Crippen LogP contribution in [0.2, 0.25) is 0 Å². The number of rotatable bonds is 5. The molecule has 0 saturated heterocycles. The SMILES string of the molecule is CC=CC(=O)OCCCS(=O)(=O)[O-].[K+]. The van der Waals surface area contributed by atoms with Gasteiger partial charge in [-0.3, -0.25) is 0 Å². The maximum Gasteiger partial charge on any atom is 1.00 e. The second-order valence-corrected chi connectivity index (χ2v) is 3.81. The van der Waals surface area contributed by atoms with Crippen molar-refractivity contribution in [3.63, 3.8) is 0 Å². The van der Waals surface area contributed by atoms with E-state index in [1.807, 2.05) is 0 Å². The van der Waals surface area contributed by atoms with Crippen molar-refractivity contribution in [1.29, 1.82) is 0 Å². The van der Waals surface area contributed by atoms with E-state index in [9.17, 15) is 17.8 Å². The standard InChI is InChI=1S/C7H12O5S.K/c1-2-4-7(8)12-5-3-6-13(9,10)11;/h2,4H,3,5-6H2,1H3,(H,9,10,11);/q;+1/p-1. The van der Waals surface area contributed by atoms with Crippen LogP contribution in [0.5, 0.6) is 0 Å². The van der Waals surface area contributed by atoms with Gasteiger partial charge in [-0.25, -0.2) is 13.2 Å². The zero-order valence-corrected chi connectivity index (χ0v) is 12.2. The Kier molecular flexibility index (Phi) is 11.1. The molecule has 0 aromatic carbocycles. The average Bonchev–Trinajstić information content (AvgIpc) is 1.97. The van der Waals surface area contributed by atoms with Crippen LogP contribution < -0.4 is 51.4 Å². The van der Waals surface area contributed by atoms with E-state index in [2.05, 4.69) is 4.74 Å². The van der Waals surface area contributed by atoms with Gasteiger partial charge in [-0.1, -0.05) is 6.08 Å². The Bertz CT molecular complexity index is 282. The summed E-state index contributed by atoms with van der Waals surface area (Å²) in [6.45, 7) is 1.61. The topological polar surface area (TPSA) is 83.5 Å². The zero-order valence-electron chi connectivity index (χ0n) is 8.23. The van der Waals surface area contributed by atoms with E-state index in [-0.39, 0.29) is 64.4 Å². The largest absolute Gasteiger partial charge is 1.00 e. The molecule has 76 valence electrons. The third kappa shape index (κ3) is 12.8. The van der Waals surface area contributed by atoms with Crippen molar-refractivity contribution in [1.82, 2.24) is 0 Å². The average molecular weight is 246 g/mol. The number of allylic oxidation sites excluding steroid dienone is 1. The molecule has 0 rings (SSSR count). The van der Waals surface area contributed by atoms with Gasteiger partial charge in [-0.2, -0.15) is 0 Å². The fraction of sp³-hybridized carbons (Fsp3) is 0.571. The second-order valence-electron chi connectivity index (χ2n) is 2.28. The van der Waals surface area contributed by atoms with Crippen molar-refractivity contribution in [2.75, 3.05) is 12.4 Å². The molecular weight excluding hydrogens is 235 g/mol. The first-order valence-electron chi connectivity index (χ1n) is 3.68. The summed E-state index contributed by atoms with van der Waals surface area (Å²) in [5.41, 5.74) is 0. The summed E-state index contributed by atoms with van der Waals surface area (Å²) in [5.74, 6) is -1.04. The Morgan fingerprint density at radius 2 is 2.07 bits per heavy atom. The molecule has 0 spiro atoms. The Morgan fingerprint density at radius 1 is 1.50 bits per heavy atom. The normalized spacial score (nSPS) is 11.0. The molecule has 0 aromatic heterocycles. The van der Waals surface area contributed by atoms with E-state index >= 15 is 0 Å². The molecular formula is C7H11KO5S. The molecule has 0 amide bonds. The molecule has 0 saturated carbocycles. The predicted molar refractivity (Wildman–Crippen MR) is 45.0 cm³/mol. The molecule has 0 aromatic rings. The number of hydrogen-bond acceptors (Lipinski definition) is 5. The Hall–Kier alpha value is 0.756. The maximum absolute atomic E-state index is 10.6. The number of ether oxygens (including phenoxy) is 1. The number of esters is 1. The quantitative estimate of drug-likeness (QED) is 0.170. The molecule has 0 aliphatic heterocycles. The molecule has 7 heteroatoms. The van der Waals surface area contributed by atoms with Crippen molar-refractivity contribution < 1.29 is 73.9 Å². The van der Waals surface area contributed by atoms with Crippen molar-refractivity contribution in [3.8, 4) is 0 Å². The smallest absolute Gasteiger partial charge is 0.748 e. The van der Waals surface area contributed by atoms with Gasteiger partial charge in [0.05, 0.1) is 16.7 Å². The van der Waals surface area contributed by atoms with Crippen molar-refractivity contribution in [2.24, 2.45) is 0 Å². The molecule has 0 radical (unpaired) electrons. The molecule has 14 heavy (non-hydrogen) atoms. The van der Waals surface area contributed by atoms with Crippen molar-refractivity contribution in [3.05, 3.63) is 12.2 Å². The monoisotopic (exact) mass is 246 g/mol. The van der Waals surface area contributed by atoms with Gasteiger partial charge in [0.1, 0.15) is 0 Å². The minimum absolute atomic E-state index is 0. The van der Waals surface area contributed by atoms with Crippen LogP contribution in [0.15, 0.2) is 12.2 Å². The van der Waals surface area contributed by atoms with Gasteiger partial charge in [0.25, 0.3) is 0 Å². The summed E-state index contributed by atoms with van der Waals surface area (Å²) in [7, 11) is -4.19. The molecule has 0 aliphatic rings. The van der Waals surface area contributed by atoms with Gasteiger partial charge in [0.2, 0.25) is 0 Å². The minimum Gasteiger partial charge on any atom is -0.748 e. The molecule has 5 nitrogen and oxygen atoms in total. The summed E-state index contributed by atoms with van der Waals surface area (Å²) in [5, 5.41) is 0. The number of carbonyl (C=O) groups excluding carboxylic acids is 1. The van der Waals surface area contributed by atoms with E-state index in [0.717, 1.165) is 0 Å². The summed E-state index contributed by atoms with van der Waals surface area (Å²) in [4.78, 5) is 10.6. The Balaban J connectivity index is 0. The summed E-state index contributed by atoms with van der Waals surface area (Å²) in [6.07, 6.45) is 2.76. The third-order valence-corrected chi connectivity index (χ3v) is 1.87. The molecule has 0 N–H and O–H groups in total. The van der Waals surface area contributed by atoms with E-state index in [1.54, 1.807) is 6.92 Å².